The molecule has 1 atom stereocenters. The number of hydrogen-bond donors (Lipinski definition) is 1. The van der Waals surface area contributed by atoms with Gasteiger partial charge in [-0.1, -0.05) is 30.3 Å². The van der Waals surface area contributed by atoms with Crippen molar-refractivity contribution in [2.45, 2.75) is 19.3 Å². The first-order chi connectivity index (χ1) is 19.7. The predicted molar refractivity (Wildman–Crippen MR) is 147 cm³/mol. The lowest BCUT2D eigenvalue weighted by Gasteiger charge is -2.35. The van der Waals surface area contributed by atoms with Gasteiger partial charge in [-0.05, 0) is 42.8 Å². The zero-order chi connectivity index (χ0) is 29.0. The van der Waals surface area contributed by atoms with Gasteiger partial charge in [-0.15, -0.1) is 13.2 Å². The van der Waals surface area contributed by atoms with Crippen LogP contribution in [0.1, 0.15) is 12.5 Å². The molecule has 1 fully saturated rings. The molecule has 212 valence electrons. The van der Waals surface area contributed by atoms with Gasteiger partial charge in [-0.2, -0.15) is 0 Å². The molecular formula is C29H27F3N6O3. The van der Waals surface area contributed by atoms with E-state index in [4.69, 9.17) is 0 Å². The van der Waals surface area contributed by atoms with E-state index in [1.165, 1.54) is 24.3 Å². The Morgan fingerprint density at radius 1 is 1.00 bits per heavy atom. The van der Waals surface area contributed by atoms with Crippen molar-refractivity contribution in [1.82, 2.24) is 24.2 Å². The second-order valence-corrected chi connectivity index (χ2v) is 9.45. The van der Waals surface area contributed by atoms with E-state index in [-0.39, 0.29) is 17.6 Å². The van der Waals surface area contributed by atoms with E-state index in [1.807, 2.05) is 30.3 Å². The van der Waals surface area contributed by atoms with Crippen molar-refractivity contribution in [3.8, 4) is 17.0 Å². The number of hydrogen-bond acceptors (Lipinski definition) is 6. The minimum Gasteiger partial charge on any atom is -0.406 e. The Balaban J connectivity index is 1.26. The van der Waals surface area contributed by atoms with E-state index in [0.29, 0.717) is 48.9 Å². The molecule has 41 heavy (non-hydrogen) atoms. The number of amides is 2. The number of fused-ring (bicyclic) bond motifs is 1. The lowest BCUT2D eigenvalue weighted by molar-refractivity contribution is -0.274. The quantitative estimate of drug-likeness (QED) is 0.333. The fourth-order valence-corrected chi connectivity index (χ4v) is 4.59. The number of carbonyl (C=O) groups excluding carboxylic acids is 2. The van der Waals surface area contributed by atoms with Gasteiger partial charge in [0, 0.05) is 50.2 Å². The highest BCUT2D eigenvalue weighted by Gasteiger charge is 2.31. The fourth-order valence-electron chi connectivity index (χ4n) is 4.59. The van der Waals surface area contributed by atoms with E-state index in [0.717, 1.165) is 5.56 Å². The molecule has 5 rings (SSSR count). The number of benzene rings is 2. The number of ether oxygens (including phenoxy) is 1. The molecule has 0 spiro atoms. The molecule has 3 heterocycles. The van der Waals surface area contributed by atoms with Crippen LogP contribution in [0.15, 0.2) is 79.3 Å². The summed E-state index contributed by atoms with van der Waals surface area (Å²) in [5.41, 5.74) is 2.40. The van der Waals surface area contributed by atoms with Crippen molar-refractivity contribution in [1.29, 1.82) is 0 Å². The van der Waals surface area contributed by atoms with E-state index >= 15 is 0 Å². The number of carbonyl (C=O) groups is 2. The minimum absolute atomic E-state index is 0.109. The van der Waals surface area contributed by atoms with Crippen LogP contribution >= 0.6 is 0 Å². The van der Waals surface area contributed by atoms with Crippen LogP contribution in [0.2, 0.25) is 0 Å². The van der Waals surface area contributed by atoms with Crippen molar-refractivity contribution in [3.63, 3.8) is 0 Å². The molecule has 12 heteroatoms. The summed E-state index contributed by atoms with van der Waals surface area (Å²) < 4.78 is 43.5. The monoisotopic (exact) mass is 564 g/mol. The first-order valence-corrected chi connectivity index (χ1v) is 12.9. The summed E-state index contributed by atoms with van der Waals surface area (Å²) in [5.74, 6) is -0.117. The Morgan fingerprint density at radius 3 is 2.37 bits per heavy atom. The van der Waals surface area contributed by atoms with Crippen LogP contribution in [0.5, 0.6) is 5.75 Å². The van der Waals surface area contributed by atoms with Crippen LogP contribution in [0.4, 0.5) is 19.0 Å². The van der Waals surface area contributed by atoms with Crippen molar-refractivity contribution < 1.29 is 27.5 Å². The standard InChI is InChI=1S/C29H27F3N6O3/c1-20(28(40)37-17-15-36(16-18-37)25(39)12-7-21-5-3-2-4-6-21)34-27-26(35-24-19-33-13-14-38(24)27)22-8-10-23(11-9-22)41-29(30,31)32/h2-14,19-20,34H,15-18H2,1H3/b12-7+. The zero-order valence-electron chi connectivity index (χ0n) is 22.1. The van der Waals surface area contributed by atoms with Gasteiger partial charge in [0.15, 0.2) is 5.65 Å². The largest absolute Gasteiger partial charge is 0.573 e. The Labute approximate surface area is 233 Å². The normalized spacial score (nSPS) is 14.8. The molecule has 0 saturated carbocycles. The number of piperazine rings is 1. The molecule has 2 aromatic heterocycles. The topological polar surface area (TPSA) is 92.1 Å². The molecule has 0 radical (unpaired) electrons. The highest BCUT2D eigenvalue weighted by molar-refractivity contribution is 5.92. The number of aromatic nitrogens is 3. The van der Waals surface area contributed by atoms with Gasteiger partial charge in [-0.25, -0.2) is 4.98 Å². The maximum atomic E-state index is 13.4. The van der Waals surface area contributed by atoms with Crippen molar-refractivity contribution >= 4 is 29.4 Å². The van der Waals surface area contributed by atoms with Crippen LogP contribution in [0.3, 0.4) is 0 Å². The molecule has 1 aliphatic heterocycles. The third kappa shape index (κ3) is 6.65. The summed E-state index contributed by atoms with van der Waals surface area (Å²) >= 11 is 0. The summed E-state index contributed by atoms with van der Waals surface area (Å²) in [6.07, 6.45) is 3.31. The van der Waals surface area contributed by atoms with Gasteiger partial charge < -0.3 is 19.9 Å². The maximum Gasteiger partial charge on any atom is 0.573 e. The molecule has 1 aliphatic rings. The highest BCUT2D eigenvalue weighted by Crippen LogP contribution is 2.31. The number of rotatable bonds is 7. The first-order valence-electron chi connectivity index (χ1n) is 12.9. The van der Waals surface area contributed by atoms with Gasteiger partial charge in [0.25, 0.3) is 0 Å². The third-order valence-electron chi connectivity index (χ3n) is 6.64. The molecule has 4 aromatic rings. The van der Waals surface area contributed by atoms with Crippen molar-refractivity contribution in [2.24, 2.45) is 0 Å². The molecule has 2 amide bonds. The summed E-state index contributed by atoms with van der Waals surface area (Å²) in [5, 5.41) is 3.23. The minimum atomic E-state index is -4.80. The lowest BCUT2D eigenvalue weighted by atomic mass is 10.1. The number of halogens is 3. The van der Waals surface area contributed by atoms with Crippen LogP contribution < -0.4 is 10.1 Å². The summed E-state index contributed by atoms with van der Waals surface area (Å²) in [6, 6.07) is 14.2. The van der Waals surface area contributed by atoms with E-state index in [2.05, 4.69) is 20.0 Å². The Hall–Kier alpha value is -4.87. The van der Waals surface area contributed by atoms with E-state index < -0.39 is 12.4 Å². The highest BCUT2D eigenvalue weighted by atomic mass is 19.4. The molecule has 1 N–H and O–H groups in total. The van der Waals surface area contributed by atoms with Crippen molar-refractivity contribution in [2.75, 3.05) is 31.5 Å². The van der Waals surface area contributed by atoms with Crippen molar-refractivity contribution in [3.05, 3.63) is 84.8 Å². The number of nitrogens with zero attached hydrogens (tertiary/aromatic N) is 5. The fraction of sp³-hybridized carbons (Fsp3) is 0.241. The van der Waals surface area contributed by atoms with Crippen LogP contribution in [0.25, 0.3) is 23.0 Å². The summed E-state index contributed by atoms with van der Waals surface area (Å²) in [4.78, 5) is 38.1. The lowest BCUT2D eigenvalue weighted by Crippen LogP contribution is -2.53. The Bertz CT molecular complexity index is 1550. The zero-order valence-corrected chi connectivity index (χ0v) is 22.1. The van der Waals surface area contributed by atoms with Gasteiger partial charge in [0.2, 0.25) is 11.8 Å². The molecule has 2 aromatic carbocycles. The first kappa shape index (κ1) is 27.7. The second kappa shape index (κ2) is 11.7. The molecule has 1 unspecified atom stereocenters. The molecule has 0 bridgehead atoms. The molecule has 1 saturated heterocycles. The predicted octanol–water partition coefficient (Wildman–Crippen LogP) is 4.48. The van der Waals surface area contributed by atoms with Crippen LogP contribution in [-0.2, 0) is 9.59 Å². The maximum absolute atomic E-state index is 13.4. The number of nitrogens with one attached hydrogen (secondary N) is 1. The SMILES string of the molecule is CC(Nc1c(-c2ccc(OC(F)(F)F)cc2)nc2cnccn12)C(=O)N1CCN(C(=O)/C=C/c2ccccc2)CC1. The van der Waals surface area contributed by atoms with Gasteiger partial charge in [-0.3, -0.25) is 19.0 Å². The second-order valence-electron chi connectivity index (χ2n) is 9.45. The Kier molecular flexibility index (Phi) is 7.90. The van der Waals surface area contributed by atoms with Gasteiger partial charge in [0.1, 0.15) is 23.3 Å². The van der Waals surface area contributed by atoms with Crippen LogP contribution in [-0.4, -0.2) is 74.6 Å². The average molecular weight is 565 g/mol. The third-order valence-corrected chi connectivity index (χ3v) is 6.64. The number of imidazole rings is 1. The van der Waals surface area contributed by atoms with Crippen LogP contribution in [0, 0.1) is 0 Å². The van der Waals surface area contributed by atoms with E-state index in [1.54, 1.807) is 51.9 Å². The number of alkyl halides is 3. The van der Waals surface area contributed by atoms with Gasteiger partial charge in [0.05, 0.1) is 6.20 Å². The molecular weight excluding hydrogens is 537 g/mol. The van der Waals surface area contributed by atoms with Gasteiger partial charge >= 0.3 is 6.36 Å². The average Bonchev–Trinajstić information content (AvgIpc) is 3.34. The molecule has 9 nitrogen and oxygen atoms in total. The summed E-state index contributed by atoms with van der Waals surface area (Å²) in [7, 11) is 0. The molecule has 0 aliphatic carbocycles. The number of anilines is 1. The smallest absolute Gasteiger partial charge is 0.406 e. The van der Waals surface area contributed by atoms with E-state index in [9.17, 15) is 22.8 Å². The summed E-state index contributed by atoms with van der Waals surface area (Å²) in [6.45, 7) is 3.33. The Morgan fingerprint density at radius 2 is 1.68 bits per heavy atom.